The molecule has 0 fully saturated rings. The molecular weight excluding hydrogens is 272 g/mol. The molecule has 0 aliphatic carbocycles. The molecule has 1 aromatic carbocycles. The molecule has 0 saturated carbocycles. The summed E-state index contributed by atoms with van der Waals surface area (Å²) in [6.07, 6.45) is 3.25. The van der Waals surface area contributed by atoms with Crippen LogP contribution in [-0.4, -0.2) is 19.2 Å². The normalized spacial score (nSPS) is 12.4. The number of nitrogen functional groups attached to an aromatic ring is 1. The zero-order chi connectivity index (χ0) is 14.1. The highest BCUT2D eigenvalue weighted by molar-refractivity contribution is 7.85. The molecular formula is C14H12N4OS. The highest BCUT2D eigenvalue weighted by atomic mass is 32.2. The summed E-state index contributed by atoms with van der Waals surface area (Å²) < 4.78 is 12.6. The van der Waals surface area contributed by atoms with Crippen LogP contribution >= 0.6 is 0 Å². The molecule has 0 spiro atoms. The number of aromatic nitrogens is 3. The first-order valence-corrected chi connectivity index (χ1v) is 7.16. The number of nitrogens with zero attached hydrogens (tertiary/aromatic N) is 3. The first kappa shape index (κ1) is 12.7. The van der Waals surface area contributed by atoms with Gasteiger partial charge < -0.3 is 5.73 Å². The Morgan fingerprint density at radius 2 is 1.95 bits per heavy atom. The third-order valence-electron chi connectivity index (χ3n) is 2.90. The number of hydrogen-bond donors (Lipinski definition) is 1. The Labute approximate surface area is 118 Å². The van der Waals surface area contributed by atoms with Crippen molar-refractivity contribution in [2.45, 2.75) is 17.0 Å². The van der Waals surface area contributed by atoms with Gasteiger partial charge in [0.05, 0.1) is 10.4 Å². The molecule has 6 heteroatoms. The summed E-state index contributed by atoms with van der Waals surface area (Å²) in [6, 6.07) is 8.86. The summed E-state index contributed by atoms with van der Waals surface area (Å²) >= 11 is 0. The van der Waals surface area contributed by atoms with Crippen LogP contribution in [0.15, 0.2) is 52.8 Å². The van der Waals surface area contributed by atoms with Gasteiger partial charge in [-0.2, -0.15) is 0 Å². The zero-order valence-electron chi connectivity index (χ0n) is 10.8. The minimum atomic E-state index is -1.48. The lowest BCUT2D eigenvalue weighted by atomic mass is 10.2. The van der Waals surface area contributed by atoms with E-state index < -0.39 is 10.8 Å². The maximum Gasteiger partial charge on any atom is 0.223 e. The maximum absolute atomic E-state index is 12.6. The van der Waals surface area contributed by atoms with Crippen molar-refractivity contribution in [2.24, 2.45) is 0 Å². The molecule has 0 radical (unpaired) electrons. The third kappa shape index (κ3) is 2.14. The van der Waals surface area contributed by atoms with Crippen molar-refractivity contribution >= 4 is 27.4 Å². The van der Waals surface area contributed by atoms with Crippen LogP contribution in [0.2, 0.25) is 0 Å². The molecule has 2 N–H and O–H groups in total. The number of hydrogen-bond acceptors (Lipinski definition) is 5. The topological polar surface area (TPSA) is 81.8 Å². The van der Waals surface area contributed by atoms with Crippen molar-refractivity contribution in [3.63, 3.8) is 0 Å². The molecule has 2 aromatic heterocycles. The SMILES string of the molecule is Cc1ccnc(S(=O)c2ccc(N)c3cccnc23)n1. The predicted octanol–water partition coefficient (Wildman–Crippen LogP) is 2.08. The smallest absolute Gasteiger partial charge is 0.223 e. The summed E-state index contributed by atoms with van der Waals surface area (Å²) in [4.78, 5) is 13.1. The molecule has 3 aromatic rings. The van der Waals surface area contributed by atoms with E-state index in [1.807, 2.05) is 13.0 Å². The average Bonchev–Trinajstić information content (AvgIpc) is 2.47. The van der Waals surface area contributed by atoms with E-state index in [4.69, 9.17) is 5.73 Å². The van der Waals surface area contributed by atoms with E-state index in [0.717, 1.165) is 11.1 Å². The molecule has 0 saturated heterocycles. The van der Waals surface area contributed by atoms with Gasteiger partial charge in [-0.25, -0.2) is 14.2 Å². The first-order chi connectivity index (χ1) is 9.66. The lowest BCUT2D eigenvalue weighted by Crippen LogP contribution is -2.02. The largest absolute Gasteiger partial charge is 0.398 e. The third-order valence-corrected chi connectivity index (χ3v) is 4.16. The molecule has 20 heavy (non-hydrogen) atoms. The lowest BCUT2D eigenvalue weighted by Gasteiger charge is -2.07. The Morgan fingerprint density at radius 1 is 1.10 bits per heavy atom. The molecule has 0 bridgehead atoms. The quantitative estimate of drug-likeness (QED) is 0.575. The van der Waals surface area contributed by atoms with Gasteiger partial charge in [0.25, 0.3) is 0 Å². The van der Waals surface area contributed by atoms with Crippen molar-refractivity contribution < 1.29 is 4.21 Å². The number of anilines is 1. The van der Waals surface area contributed by atoms with E-state index in [1.54, 1.807) is 36.7 Å². The van der Waals surface area contributed by atoms with Crippen LogP contribution in [0.1, 0.15) is 5.69 Å². The minimum absolute atomic E-state index is 0.279. The van der Waals surface area contributed by atoms with Crippen molar-refractivity contribution in [1.29, 1.82) is 0 Å². The summed E-state index contributed by atoms with van der Waals surface area (Å²) in [5.74, 6) is 0. The molecule has 1 unspecified atom stereocenters. The van der Waals surface area contributed by atoms with Crippen molar-refractivity contribution in [1.82, 2.24) is 15.0 Å². The Hall–Kier alpha value is -2.34. The Bertz CT molecular complexity index is 819. The van der Waals surface area contributed by atoms with E-state index in [9.17, 15) is 4.21 Å². The van der Waals surface area contributed by atoms with Crippen LogP contribution in [-0.2, 0) is 10.8 Å². The second-order valence-corrected chi connectivity index (χ2v) is 5.64. The van der Waals surface area contributed by atoms with Crippen molar-refractivity contribution in [3.05, 3.63) is 48.4 Å². The van der Waals surface area contributed by atoms with E-state index in [-0.39, 0.29) is 5.16 Å². The van der Waals surface area contributed by atoms with Gasteiger partial charge in [-0.3, -0.25) is 4.98 Å². The van der Waals surface area contributed by atoms with E-state index in [2.05, 4.69) is 15.0 Å². The fourth-order valence-electron chi connectivity index (χ4n) is 1.93. The van der Waals surface area contributed by atoms with Gasteiger partial charge in [-0.05, 0) is 37.3 Å². The van der Waals surface area contributed by atoms with E-state index in [1.165, 1.54) is 0 Å². The van der Waals surface area contributed by atoms with Gasteiger partial charge >= 0.3 is 0 Å². The van der Waals surface area contributed by atoms with Gasteiger partial charge in [0.2, 0.25) is 5.16 Å². The standard InChI is InChI=1S/C14H12N4OS/c1-9-6-8-17-14(18-9)20(19)12-5-4-11(15)10-3-2-7-16-13(10)12/h2-8H,15H2,1H3. The highest BCUT2D eigenvalue weighted by Gasteiger charge is 2.15. The molecule has 0 aliphatic heterocycles. The van der Waals surface area contributed by atoms with Crippen LogP contribution in [0.3, 0.4) is 0 Å². The number of fused-ring (bicyclic) bond motifs is 1. The maximum atomic E-state index is 12.6. The monoisotopic (exact) mass is 284 g/mol. The molecule has 2 heterocycles. The van der Waals surface area contributed by atoms with Gasteiger partial charge in [0, 0.05) is 29.2 Å². The van der Waals surface area contributed by atoms with Gasteiger partial charge in [-0.15, -0.1) is 0 Å². The van der Waals surface area contributed by atoms with Crippen molar-refractivity contribution in [3.8, 4) is 0 Å². The Kier molecular flexibility index (Phi) is 3.15. The Morgan fingerprint density at radius 3 is 2.75 bits per heavy atom. The highest BCUT2D eigenvalue weighted by Crippen LogP contribution is 2.26. The van der Waals surface area contributed by atoms with Gasteiger partial charge in [0.1, 0.15) is 10.8 Å². The molecule has 0 aliphatic rings. The number of nitrogens with two attached hydrogens (primary N) is 1. The fourth-order valence-corrected chi connectivity index (χ4v) is 3.04. The summed E-state index contributed by atoms with van der Waals surface area (Å²) in [6.45, 7) is 1.84. The minimum Gasteiger partial charge on any atom is -0.398 e. The molecule has 1 atom stereocenters. The summed E-state index contributed by atoms with van der Waals surface area (Å²) in [5.41, 5.74) is 7.92. The molecule has 0 amide bonds. The first-order valence-electron chi connectivity index (χ1n) is 6.01. The predicted molar refractivity (Wildman–Crippen MR) is 77.6 cm³/mol. The van der Waals surface area contributed by atoms with Gasteiger partial charge in [0.15, 0.2) is 0 Å². The van der Waals surface area contributed by atoms with Crippen LogP contribution in [0.25, 0.3) is 10.9 Å². The van der Waals surface area contributed by atoms with E-state index in [0.29, 0.717) is 16.1 Å². The van der Waals surface area contributed by atoms with Gasteiger partial charge in [-0.1, -0.05) is 0 Å². The zero-order valence-corrected chi connectivity index (χ0v) is 11.6. The summed E-state index contributed by atoms with van der Waals surface area (Å²) in [5, 5.41) is 1.06. The number of aryl methyl sites for hydroxylation is 1. The van der Waals surface area contributed by atoms with Crippen LogP contribution < -0.4 is 5.73 Å². The molecule has 3 rings (SSSR count). The van der Waals surface area contributed by atoms with Crippen LogP contribution in [0.4, 0.5) is 5.69 Å². The number of benzene rings is 1. The van der Waals surface area contributed by atoms with Crippen LogP contribution in [0.5, 0.6) is 0 Å². The lowest BCUT2D eigenvalue weighted by molar-refractivity contribution is 0.675. The van der Waals surface area contributed by atoms with E-state index >= 15 is 0 Å². The number of rotatable bonds is 2. The second kappa shape index (κ2) is 4.97. The van der Waals surface area contributed by atoms with Crippen LogP contribution in [0, 0.1) is 6.92 Å². The Balaban J connectivity index is 2.20. The fraction of sp³-hybridized carbons (Fsp3) is 0.0714. The molecule has 100 valence electrons. The second-order valence-electron chi connectivity index (χ2n) is 4.30. The molecule has 5 nitrogen and oxygen atoms in total. The average molecular weight is 284 g/mol. The number of pyridine rings is 1. The summed E-state index contributed by atoms with van der Waals surface area (Å²) in [7, 11) is -1.48. The van der Waals surface area contributed by atoms with Crippen molar-refractivity contribution in [2.75, 3.05) is 5.73 Å².